The van der Waals surface area contributed by atoms with Crippen LogP contribution in [-0.4, -0.2) is 29.1 Å². The lowest BCUT2D eigenvalue weighted by molar-refractivity contribution is 0.0577. The van der Waals surface area contributed by atoms with Gasteiger partial charge in [0.2, 0.25) is 0 Å². The number of pyridine rings is 1. The standard InChI is InChI=1S/C21H26N4O3/c1-13-7-8-18(23-12-13)24-19(26)15-10-14-6-5-9-25(17(14)11-16(15)22)20(27)28-21(2,3)4/h7-8,10-12H,5-6,9,22H2,1-4H3,(H,23,24,26). The van der Waals surface area contributed by atoms with Gasteiger partial charge in [-0.1, -0.05) is 6.07 Å². The zero-order chi connectivity index (χ0) is 20.5. The highest BCUT2D eigenvalue weighted by atomic mass is 16.6. The van der Waals surface area contributed by atoms with E-state index in [9.17, 15) is 9.59 Å². The number of rotatable bonds is 2. The van der Waals surface area contributed by atoms with E-state index in [0.717, 1.165) is 24.0 Å². The lowest BCUT2D eigenvalue weighted by atomic mass is 9.98. The molecule has 0 spiro atoms. The van der Waals surface area contributed by atoms with Gasteiger partial charge in [0.15, 0.2) is 0 Å². The first-order valence-electron chi connectivity index (χ1n) is 9.31. The maximum Gasteiger partial charge on any atom is 0.414 e. The number of carbonyl (C=O) groups excluding carboxylic acids is 2. The minimum atomic E-state index is -0.582. The van der Waals surface area contributed by atoms with Crippen LogP contribution in [0.3, 0.4) is 0 Å². The average molecular weight is 382 g/mol. The number of fused-ring (bicyclic) bond motifs is 1. The van der Waals surface area contributed by atoms with E-state index in [0.29, 0.717) is 29.3 Å². The van der Waals surface area contributed by atoms with Gasteiger partial charge in [-0.15, -0.1) is 0 Å². The van der Waals surface area contributed by atoms with Crippen LogP contribution < -0.4 is 16.0 Å². The molecule has 2 aromatic rings. The highest BCUT2D eigenvalue weighted by molar-refractivity contribution is 6.08. The summed E-state index contributed by atoms with van der Waals surface area (Å²) in [5.41, 5.74) is 8.84. The Bertz CT molecular complexity index is 901. The Labute approximate surface area is 164 Å². The number of ether oxygens (including phenoxy) is 1. The van der Waals surface area contributed by atoms with E-state index in [1.54, 1.807) is 29.3 Å². The first kappa shape index (κ1) is 19.7. The van der Waals surface area contributed by atoms with Crippen molar-refractivity contribution in [1.29, 1.82) is 0 Å². The Balaban J connectivity index is 1.86. The summed E-state index contributed by atoms with van der Waals surface area (Å²) in [5.74, 6) is 0.133. The number of nitrogens with two attached hydrogens (primary N) is 1. The lowest BCUT2D eigenvalue weighted by Gasteiger charge is -2.32. The summed E-state index contributed by atoms with van der Waals surface area (Å²) < 4.78 is 5.50. The van der Waals surface area contributed by atoms with Gasteiger partial charge in [0.25, 0.3) is 5.91 Å². The van der Waals surface area contributed by atoms with E-state index < -0.39 is 11.7 Å². The van der Waals surface area contributed by atoms with Gasteiger partial charge in [-0.2, -0.15) is 0 Å². The summed E-state index contributed by atoms with van der Waals surface area (Å²) in [5, 5.41) is 2.76. The summed E-state index contributed by atoms with van der Waals surface area (Å²) in [7, 11) is 0. The smallest absolute Gasteiger partial charge is 0.414 e. The third-order valence-electron chi connectivity index (χ3n) is 4.38. The van der Waals surface area contributed by atoms with Gasteiger partial charge in [0, 0.05) is 18.4 Å². The molecule has 2 amide bonds. The summed E-state index contributed by atoms with van der Waals surface area (Å²) in [6.45, 7) is 7.97. The van der Waals surface area contributed by atoms with Gasteiger partial charge in [-0.3, -0.25) is 9.69 Å². The normalized spacial score (nSPS) is 13.6. The molecule has 28 heavy (non-hydrogen) atoms. The quantitative estimate of drug-likeness (QED) is 0.768. The fourth-order valence-electron chi connectivity index (χ4n) is 3.08. The maximum atomic E-state index is 12.7. The van der Waals surface area contributed by atoms with Crippen molar-refractivity contribution in [3.8, 4) is 0 Å². The number of hydrogen-bond acceptors (Lipinski definition) is 5. The summed E-state index contributed by atoms with van der Waals surface area (Å²) >= 11 is 0. The first-order chi connectivity index (χ1) is 13.1. The molecule has 148 valence electrons. The Morgan fingerprint density at radius 3 is 2.64 bits per heavy atom. The van der Waals surface area contributed by atoms with Crippen molar-refractivity contribution in [1.82, 2.24) is 4.98 Å². The predicted octanol–water partition coefficient (Wildman–Crippen LogP) is 3.91. The second kappa shape index (κ2) is 7.50. The number of hydrogen-bond donors (Lipinski definition) is 2. The molecule has 0 atom stereocenters. The average Bonchev–Trinajstić information content (AvgIpc) is 2.61. The molecule has 3 rings (SSSR count). The lowest BCUT2D eigenvalue weighted by Crippen LogP contribution is -2.40. The van der Waals surface area contributed by atoms with E-state index in [2.05, 4.69) is 10.3 Å². The number of amides is 2. The van der Waals surface area contributed by atoms with Crippen molar-refractivity contribution >= 4 is 29.2 Å². The molecule has 7 nitrogen and oxygen atoms in total. The van der Waals surface area contributed by atoms with Crippen LogP contribution in [0.15, 0.2) is 30.5 Å². The molecular weight excluding hydrogens is 356 g/mol. The van der Waals surface area contributed by atoms with Crippen LogP contribution in [0, 0.1) is 6.92 Å². The highest BCUT2D eigenvalue weighted by Gasteiger charge is 2.28. The molecule has 1 aliphatic heterocycles. The molecule has 0 saturated heterocycles. The van der Waals surface area contributed by atoms with Crippen LogP contribution in [-0.2, 0) is 11.2 Å². The zero-order valence-corrected chi connectivity index (χ0v) is 16.7. The van der Waals surface area contributed by atoms with Crippen LogP contribution in [0.5, 0.6) is 0 Å². The molecule has 1 aliphatic rings. The number of nitrogen functional groups attached to an aromatic ring is 1. The van der Waals surface area contributed by atoms with E-state index in [-0.39, 0.29) is 5.91 Å². The van der Waals surface area contributed by atoms with Crippen LogP contribution in [0.1, 0.15) is 48.7 Å². The number of nitrogens with one attached hydrogen (secondary N) is 1. The van der Waals surface area contributed by atoms with Gasteiger partial charge in [-0.25, -0.2) is 9.78 Å². The topological polar surface area (TPSA) is 97.6 Å². The second-order valence-corrected chi connectivity index (χ2v) is 7.98. The SMILES string of the molecule is Cc1ccc(NC(=O)c2cc3c(cc2N)N(C(=O)OC(C)(C)C)CCC3)nc1. The Morgan fingerprint density at radius 2 is 2.00 bits per heavy atom. The zero-order valence-electron chi connectivity index (χ0n) is 16.7. The van der Waals surface area contributed by atoms with Gasteiger partial charge in [-0.05, 0) is 69.9 Å². The van der Waals surface area contributed by atoms with Gasteiger partial charge in [0.1, 0.15) is 11.4 Å². The monoisotopic (exact) mass is 382 g/mol. The summed E-state index contributed by atoms with van der Waals surface area (Å²) in [4.78, 5) is 31.0. The second-order valence-electron chi connectivity index (χ2n) is 7.98. The van der Waals surface area contributed by atoms with Crippen LogP contribution in [0.4, 0.5) is 22.0 Å². The number of anilines is 3. The fraction of sp³-hybridized carbons (Fsp3) is 0.381. The van der Waals surface area contributed by atoms with Crippen molar-refractivity contribution in [3.05, 3.63) is 47.2 Å². The first-order valence-corrected chi connectivity index (χ1v) is 9.31. The minimum absolute atomic E-state index is 0.304. The Morgan fingerprint density at radius 1 is 1.25 bits per heavy atom. The molecule has 1 aromatic carbocycles. The van der Waals surface area contributed by atoms with Crippen molar-refractivity contribution < 1.29 is 14.3 Å². The number of aromatic nitrogens is 1. The van der Waals surface area contributed by atoms with Crippen molar-refractivity contribution in [2.75, 3.05) is 22.5 Å². The largest absolute Gasteiger partial charge is 0.443 e. The third-order valence-corrected chi connectivity index (χ3v) is 4.38. The molecule has 1 aromatic heterocycles. The summed E-state index contributed by atoms with van der Waals surface area (Å²) in [6, 6.07) is 7.05. The maximum absolute atomic E-state index is 12.7. The van der Waals surface area contributed by atoms with E-state index in [4.69, 9.17) is 10.5 Å². The Kier molecular flexibility index (Phi) is 5.27. The van der Waals surface area contributed by atoms with Crippen molar-refractivity contribution in [3.63, 3.8) is 0 Å². The van der Waals surface area contributed by atoms with Crippen molar-refractivity contribution in [2.24, 2.45) is 0 Å². The van der Waals surface area contributed by atoms with Gasteiger partial charge >= 0.3 is 6.09 Å². The number of benzene rings is 1. The molecule has 0 bridgehead atoms. The molecule has 3 N–H and O–H groups in total. The molecule has 0 aliphatic carbocycles. The molecular formula is C21H26N4O3. The molecule has 0 unspecified atom stereocenters. The number of carbonyl (C=O) groups is 2. The number of aryl methyl sites for hydroxylation is 2. The molecule has 2 heterocycles. The molecule has 7 heteroatoms. The van der Waals surface area contributed by atoms with Gasteiger partial charge < -0.3 is 15.8 Å². The van der Waals surface area contributed by atoms with Crippen LogP contribution >= 0.6 is 0 Å². The van der Waals surface area contributed by atoms with Gasteiger partial charge in [0.05, 0.1) is 11.3 Å². The van der Waals surface area contributed by atoms with E-state index >= 15 is 0 Å². The van der Waals surface area contributed by atoms with Crippen molar-refractivity contribution in [2.45, 2.75) is 46.1 Å². The Hall–Kier alpha value is -3.09. The number of nitrogens with zero attached hydrogens (tertiary/aromatic N) is 2. The summed E-state index contributed by atoms with van der Waals surface area (Å²) in [6.07, 6.45) is 2.83. The van der Waals surface area contributed by atoms with E-state index in [1.165, 1.54) is 0 Å². The predicted molar refractivity (Wildman–Crippen MR) is 110 cm³/mol. The third kappa shape index (κ3) is 4.42. The van der Waals surface area contributed by atoms with E-state index in [1.807, 2.05) is 33.8 Å². The minimum Gasteiger partial charge on any atom is -0.443 e. The fourth-order valence-corrected chi connectivity index (χ4v) is 3.08. The van der Waals surface area contributed by atoms with Crippen LogP contribution in [0.2, 0.25) is 0 Å². The molecule has 0 fully saturated rings. The highest BCUT2D eigenvalue weighted by Crippen LogP contribution is 2.33. The van der Waals surface area contributed by atoms with Crippen LogP contribution in [0.25, 0.3) is 0 Å². The molecule has 0 saturated carbocycles. The molecule has 0 radical (unpaired) electrons.